The zero-order chi connectivity index (χ0) is 20.9. The number of hydrogen-bond acceptors (Lipinski definition) is 5. The first-order valence-electron chi connectivity index (χ1n) is 12.4. The molecular weight excluding hydrogens is 380 g/mol. The lowest BCUT2D eigenvalue weighted by Crippen LogP contribution is -2.58. The Morgan fingerprint density at radius 2 is 1.87 bits per heavy atom. The second-order valence-electron chi connectivity index (χ2n) is 9.99. The molecule has 6 heteroatoms. The molecule has 0 radical (unpaired) electrons. The van der Waals surface area contributed by atoms with Gasteiger partial charge in [-0.3, -0.25) is 9.59 Å². The molecular formula is C24H40N2O4. The summed E-state index contributed by atoms with van der Waals surface area (Å²) in [6.07, 6.45) is 10.3. The first kappa shape index (κ1) is 22.2. The van der Waals surface area contributed by atoms with Crippen molar-refractivity contribution in [2.24, 2.45) is 17.8 Å². The highest BCUT2D eigenvalue weighted by molar-refractivity contribution is 5.83. The molecule has 4 atom stereocenters. The van der Waals surface area contributed by atoms with Crippen LogP contribution in [-0.2, 0) is 19.1 Å². The maximum absolute atomic E-state index is 13.0. The minimum atomic E-state index is -0.131. The summed E-state index contributed by atoms with van der Waals surface area (Å²) in [5.41, 5.74) is 0. The van der Waals surface area contributed by atoms with Crippen LogP contribution in [0.15, 0.2) is 0 Å². The van der Waals surface area contributed by atoms with E-state index in [0.29, 0.717) is 30.8 Å². The number of fused-ring (bicyclic) bond motifs is 1. The highest BCUT2D eigenvalue weighted by atomic mass is 16.5. The van der Waals surface area contributed by atoms with E-state index in [-0.39, 0.29) is 29.9 Å². The molecule has 2 saturated carbocycles. The Labute approximate surface area is 181 Å². The van der Waals surface area contributed by atoms with E-state index in [1.54, 1.807) is 0 Å². The van der Waals surface area contributed by atoms with Crippen molar-refractivity contribution in [3.63, 3.8) is 0 Å². The number of ether oxygens (including phenoxy) is 2. The minimum absolute atomic E-state index is 0.0238. The van der Waals surface area contributed by atoms with Crippen LogP contribution < -0.4 is 5.32 Å². The zero-order valence-corrected chi connectivity index (χ0v) is 18.7. The fourth-order valence-electron chi connectivity index (χ4n) is 5.94. The van der Waals surface area contributed by atoms with E-state index in [1.165, 1.54) is 32.4 Å². The monoisotopic (exact) mass is 420 g/mol. The molecule has 170 valence electrons. The number of Topliss-reactive ketones (excluding diaryl/α,β-unsaturated/α-hetero) is 1. The molecule has 4 rings (SSSR count). The Bertz CT molecular complexity index is 584. The van der Waals surface area contributed by atoms with Gasteiger partial charge in [0.2, 0.25) is 5.91 Å². The van der Waals surface area contributed by atoms with Gasteiger partial charge in [0.25, 0.3) is 0 Å². The average molecular weight is 421 g/mol. The number of nitrogens with zero attached hydrogens (tertiary/aromatic N) is 1. The number of ketones is 1. The third-order valence-corrected chi connectivity index (χ3v) is 7.93. The van der Waals surface area contributed by atoms with Crippen LogP contribution in [0.2, 0.25) is 0 Å². The van der Waals surface area contributed by atoms with Gasteiger partial charge in [0.05, 0.1) is 31.5 Å². The predicted molar refractivity (Wildman–Crippen MR) is 115 cm³/mol. The van der Waals surface area contributed by atoms with Crippen molar-refractivity contribution in [1.82, 2.24) is 10.2 Å². The molecule has 2 aliphatic carbocycles. The third-order valence-electron chi connectivity index (χ3n) is 7.93. The van der Waals surface area contributed by atoms with Gasteiger partial charge < -0.3 is 19.7 Å². The number of likely N-dealkylation sites (tertiary alicyclic amines) is 1. The molecule has 1 N–H and O–H groups in total. The molecule has 2 saturated heterocycles. The van der Waals surface area contributed by atoms with E-state index in [9.17, 15) is 9.59 Å². The van der Waals surface area contributed by atoms with Gasteiger partial charge in [-0.25, -0.2) is 0 Å². The fraction of sp³-hybridized carbons (Fsp3) is 0.917. The van der Waals surface area contributed by atoms with Crippen molar-refractivity contribution < 1.29 is 19.1 Å². The molecule has 30 heavy (non-hydrogen) atoms. The maximum atomic E-state index is 13.0. The van der Waals surface area contributed by atoms with Crippen LogP contribution in [0.4, 0.5) is 0 Å². The van der Waals surface area contributed by atoms with Crippen LogP contribution in [-0.4, -0.2) is 67.7 Å². The Morgan fingerprint density at radius 1 is 1.10 bits per heavy atom. The van der Waals surface area contributed by atoms with E-state index >= 15 is 0 Å². The summed E-state index contributed by atoms with van der Waals surface area (Å²) in [6, 6.07) is -0.0287. The molecule has 6 nitrogen and oxygen atoms in total. The summed E-state index contributed by atoms with van der Waals surface area (Å²) in [5, 5.41) is 3.30. The number of carbonyl (C=O) groups is 2. The number of amides is 1. The van der Waals surface area contributed by atoms with Crippen molar-refractivity contribution in [3.8, 4) is 0 Å². The Kier molecular flexibility index (Phi) is 7.82. The highest BCUT2D eigenvalue weighted by Gasteiger charge is 2.44. The topological polar surface area (TPSA) is 67.9 Å². The van der Waals surface area contributed by atoms with E-state index in [2.05, 4.69) is 17.1 Å². The van der Waals surface area contributed by atoms with Gasteiger partial charge in [0.15, 0.2) is 0 Å². The van der Waals surface area contributed by atoms with E-state index in [0.717, 1.165) is 51.7 Å². The Morgan fingerprint density at radius 3 is 2.63 bits per heavy atom. The van der Waals surface area contributed by atoms with Crippen LogP contribution in [0.5, 0.6) is 0 Å². The normalized spacial score (nSPS) is 38.1. The lowest BCUT2D eigenvalue weighted by atomic mass is 9.73. The average Bonchev–Trinajstić information content (AvgIpc) is 2.77. The van der Waals surface area contributed by atoms with Gasteiger partial charge in [-0.15, -0.1) is 0 Å². The number of nitrogens with one attached hydrogen (secondary N) is 1. The smallest absolute Gasteiger partial charge is 0.223 e. The van der Waals surface area contributed by atoms with Crippen molar-refractivity contribution in [2.45, 2.75) is 89.4 Å². The maximum Gasteiger partial charge on any atom is 0.223 e. The van der Waals surface area contributed by atoms with Gasteiger partial charge in [-0.1, -0.05) is 13.3 Å². The first-order valence-corrected chi connectivity index (χ1v) is 12.4. The lowest BCUT2D eigenvalue weighted by molar-refractivity contribution is -0.148. The van der Waals surface area contributed by atoms with E-state index in [1.807, 2.05) is 0 Å². The molecule has 0 bridgehead atoms. The summed E-state index contributed by atoms with van der Waals surface area (Å²) < 4.78 is 12.1. The Hall–Kier alpha value is -0.980. The van der Waals surface area contributed by atoms with Gasteiger partial charge in [0.1, 0.15) is 5.78 Å². The molecule has 2 heterocycles. The number of piperidine rings is 1. The second kappa shape index (κ2) is 10.6. The molecule has 4 unspecified atom stereocenters. The van der Waals surface area contributed by atoms with E-state index in [4.69, 9.17) is 9.47 Å². The molecule has 4 aliphatic rings. The summed E-state index contributed by atoms with van der Waals surface area (Å²) in [6.45, 7) is 6.96. The van der Waals surface area contributed by atoms with Gasteiger partial charge in [-0.2, -0.15) is 0 Å². The molecule has 1 amide bonds. The van der Waals surface area contributed by atoms with Crippen molar-refractivity contribution in [3.05, 3.63) is 0 Å². The molecule has 0 spiro atoms. The standard InChI is InChI=1S/C24H40N2O4/c1-17-5-10-20-21(27)11-15-30-23(20)22(17)25-24(28)18-6-8-19(9-7-18)29-16-14-26-12-3-2-4-13-26/h17-20,22-23H,2-16H2,1H3,(H,25,28). The van der Waals surface area contributed by atoms with Gasteiger partial charge in [0, 0.05) is 24.8 Å². The summed E-state index contributed by atoms with van der Waals surface area (Å²) >= 11 is 0. The first-order chi connectivity index (χ1) is 14.6. The molecule has 2 aliphatic heterocycles. The molecule has 4 fully saturated rings. The van der Waals surface area contributed by atoms with Crippen LogP contribution >= 0.6 is 0 Å². The van der Waals surface area contributed by atoms with Gasteiger partial charge in [-0.05, 0) is 70.4 Å². The van der Waals surface area contributed by atoms with Crippen molar-refractivity contribution in [2.75, 3.05) is 32.8 Å². The van der Waals surface area contributed by atoms with Crippen LogP contribution in [0.25, 0.3) is 0 Å². The number of carbonyl (C=O) groups excluding carboxylic acids is 2. The van der Waals surface area contributed by atoms with E-state index < -0.39 is 0 Å². The highest BCUT2D eigenvalue weighted by Crippen LogP contribution is 2.36. The summed E-state index contributed by atoms with van der Waals surface area (Å²) in [7, 11) is 0. The summed E-state index contributed by atoms with van der Waals surface area (Å²) in [5.74, 6) is 0.874. The predicted octanol–water partition coefficient (Wildman–Crippen LogP) is 2.94. The van der Waals surface area contributed by atoms with Crippen LogP contribution in [0.3, 0.4) is 0 Å². The zero-order valence-electron chi connectivity index (χ0n) is 18.7. The minimum Gasteiger partial charge on any atom is -0.377 e. The van der Waals surface area contributed by atoms with Crippen molar-refractivity contribution in [1.29, 1.82) is 0 Å². The van der Waals surface area contributed by atoms with Gasteiger partial charge >= 0.3 is 0 Å². The molecule has 0 aromatic carbocycles. The fourth-order valence-corrected chi connectivity index (χ4v) is 5.94. The SMILES string of the molecule is CC1CCC2C(=O)CCOC2C1NC(=O)C1CCC(OCCN2CCCCC2)CC1. The summed E-state index contributed by atoms with van der Waals surface area (Å²) in [4.78, 5) is 27.8. The number of hydrogen-bond donors (Lipinski definition) is 1. The molecule has 0 aromatic heterocycles. The Balaban J connectivity index is 1.19. The van der Waals surface area contributed by atoms with Crippen LogP contribution in [0.1, 0.15) is 71.1 Å². The third kappa shape index (κ3) is 5.43. The largest absolute Gasteiger partial charge is 0.377 e. The lowest BCUT2D eigenvalue weighted by Gasteiger charge is -2.44. The number of rotatable bonds is 6. The van der Waals surface area contributed by atoms with Crippen LogP contribution in [0, 0.1) is 17.8 Å². The molecule has 0 aromatic rings. The quantitative estimate of drug-likeness (QED) is 0.716. The second-order valence-corrected chi connectivity index (χ2v) is 9.99. The van der Waals surface area contributed by atoms with Crippen molar-refractivity contribution >= 4 is 11.7 Å².